The van der Waals surface area contributed by atoms with Gasteiger partial charge in [0.25, 0.3) is 0 Å². The van der Waals surface area contributed by atoms with E-state index in [2.05, 4.69) is 6.92 Å². The van der Waals surface area contributed by atoms with Crippen molar-refractivity contribution in [2.75, 3.05) is 6.61 Å². The summed E-state index contributed by atoms with van der Waals surface area (Å²) in [5.74, 6) is 1.13. The Balaban J connectivity index is 2.06. The molecule has 0 aromatic rings. The summed E-state index contributed by atoms with van der Waals surface area (Å²) in [5.41, 5.74) is 5.42. The Hall–Kier alpha value is -0.570. The average Bonchev–Trinajstić information content (AvgIpc) is 2.28. The van der Waals surface area contributed by atoms with Crippen molar-refractivity contribution < 1.29 is 4.74 Å². The van der Waals surface area contributed by atoms with Gasteiger partial charge in [-0.15, -0.1) is 0 Å². The van der Waals surface area contributed by atoms with Crippen molar-refractivity contribution in [2.45, 2.75) is 71.8 Å². The fraction of sp³-hybridized carbons (Fsp3) is 0.933. The molecule has 1 saturated carbocycles. The van der Waals surface area contributed by atoms with Gasteiger partial charge in [0.2, 0.25) is 0 Å². The quantitative estimate of drug-likeness (QED) is 0.413. The van der Waals surface area contributed by atoms with E-state index < -0.39 is 0 Å². The smallest absolute Gasteiger partial charge is 0.0963 e. The molecule has 0 spiro atoms. The van der Waals surface area contributed by atoms with Gasteiger partial charge in [-0.25, -0.2) is 0 Å². The van der Waals surface area contributed by atoms with E-state index in [0.717, 1.165) is 31.8 Å². The van der Waals surface area contributed by atoms with E-state index in [1.165, 1.54) is 25.7 Å². The van der Waals surface area contributed by atoms with Crippen LogP contribution in [0.15, 0.2) is 0 Å². The van der Waals surface area contributed by atoms with Gasteiger partial charge in [0, 0.05) is 12.0 Å². The maximum Gasteiger partial charge on any atom is 0.0963 e. The maximum atomic E-state index is 7.51. The minimum atomic E-state index is -0.153. The third-order valence-electron chi connectivity index (χ3n) is 4.17. The maximum absolute atomic E-state index is 7.51. The Labute approximate surface area is 112 Å². The molecule has 0 amide bonds. The van der Waals surface area contributed by atoms with Gasteiger partial charge in [-0.05, 0) is 31.6 Å². The fourth-order valence-electron chi connectivity index (χ4n) is 2.58. The molecule has 0 aromatic carbocycles. The molecule has 1 rings (SSSR count). The molecule has 106 valence electrons. The third-order valence-corrected chi connectivity index (χ3v) is 4.17. The summed E-state index contributed by atoms with van der Waals surface area (Å²) < 4.78 is 5.94. The summed E-state index contributed by atoms with van der Waals surface area (Å²) in [6, 6.07) is 0. The first-order chi connectivity index (χ1) is 8.42. The highest BCUT2D eigenvalue weighted by molar-refractivity contribution is 5.82. The van der Waals surface area contributed by atoms with Crippen molar-refractivity contribution in [1.82, 2.24) is 0 Å². The molecule has 0 aromatic heterocycles. The number of hydrogen-bond donors (Lipinski definition) is 2. The van der Waals surface area contributed by atoms with Crippen molar-refractivity contribution in [2.24, 2.45) is 17.1 Å². The first-order valence-electron chi connectivity index (χ1n) is 7.38. The third kappa shape index (κ3) is 5.38. The van der Waals surface area contributed by atoms with Crippen LogP contribution >= 0.6 is 0 Å². The van der Waals surface area contributed by atoms with Crippen molar-refractivity contribution in [3.8, 4) is 0 Å². The predicted molar refractivity (Wildman–Crippen MR) is 76.9 cm³/mol. The van der Waals surface area contributed by atoms with Crippen LogP contribution in [0.3, 0.4) is 0 Å². The lowest BCUT2D eigenvalue weighted by molar-refractivity contribution is 0.0133. The zero-order valence-corrected chi connectivity index (χ0v) is 12.3. The summed E-state index contributed by atoms with van der Waals surface area (Å²) in [5, 5.41) is 7.51. The lowest BCUT2D eigenvalue weighted by atomic mass is 9.86. The molecule has 2 atom stereocenters. The van der Waals surface area contributed by atoms with Crippen LogP contribution in [0.2, 0.25) is 0 Å². The van der Waals surface area contributed by atoms with Crippen molar-refractivity contribution >= 4 is 5.84 Å². The molecular formula is C15H30N2O. The first-order valence-corrected chi connectivity index (χ1v) is 7.38. The van der Waals surface area contributed by atoms with Gasteiger partial charge in [0.1, 0.15) is 0 Å². The second-order valence-corrected chi connectivity index (χ2v) is 6.52. The predicted octanol–water partition coefficient (Wildman–Crippen LogP) is 3.71. The van der Waals surface area contributed by atoms with Crippen LogP contribution < -0.4 is 5.73 Å². The van der Waals surface area contributed by atoms with Crippen LogP contribution in [0.25, 0.3) is 0 Å². The fourth-order valence-corrected chi connectivity index (χ4v) is 2.58. The SMILES string of the molecule is CC1CCCC(OCCCCC(C)(C)C(=N)N)C1. The van der Waals surface area contributed by atoms with Crippen LogP contribution in [0.4, 0.5) is 0 Å². The molecule has 1 fully saturated rings. The molecule has 3 N–H and O–H groups in total. The highest BCUT2D eigenvalue weighted by Crippen LogP contribution is 2.26. The molecule has 18 heavy (non-hydrogen) atoms. The summed E-state index contributed by atoms with van der Waals surface area (Å²) in [7, 11) is 0. The van der Waals surface area contributed by atoms with E-state index in [4.69, 9.17) is 15.9 Å². The van der Waals surface area contributed by atoms with E-state index in [1.807, 2.05) is 13.8 Å². The van der Waals surface area contributed by atoms with Crippen molar-refractivity contribution in [3.63, 3.8) is 0 Å². The summed E-state index contributed by atoms with van der Waals surface area (Å²) >= 11 is 0. The molecule has 0 heterocycles. The van der Waals surface area contributed by atoms with Gasteiger partial charge in [0.15, 0.2) is 0 Å². The second kappa shape index (κ2) is 7.13. The first kappa shape index (κ1) is 15.5. The Kier molecular flexibility index (Phi) is 6.13. The van der Waals surface area contributed by atoms with Gasteiger partial charge in [0.05, 0.1) is 11.9 Å². The highest BCUT2D eigenvalue weighted by atomic mass is 16.5. The highest BCUT2D eigenvalue weighted by Gasteiger charge is 2.21. The van der Waals surface area contributed by atoms with E-state index in [9.17, 15) is 0 Å². The lowest BCUT2D eigenvalue weighted by Crippen LogP contribution is -2.30. The molecule has 3 heteroatoms. The second-order valence-electron chi connectivity index (χ2n) is 6.52. The monoisotopic (exact) mass is 254 g/mol. The molecule has 2 unspecified atom stereocenters. The Morgan fingerprint density at radius 2 is 2.06 bits per heavy atom. The van der Waals surface area contributed by atoms with Crippen LogP contribution in [0.1, 0.15) is 65.7 Å². The molecular weight excluding hydrogens is 224 g/mol. The Morgan fingerprint density at radius 3 is 2.67 bits per heavy atom. The number of unbranched alkanes of at least 4 members (excludes halogenated alkanes) is 1. The zero-order valence-electron chi connectivity index (χ0n) is 12.3. The largest absolute Gasteiger partial charge is 0.387 e. The number of nitrogens with two attached hydrogens (primary N) is 1. The van der Waals surface area contributed by atoms with Crippen molar-refractivity contribution in [1.29, 1.82) is 5.41 Å². The van der Waals surface area contributed by atoms with E-state index in [0.29, 0.717) is 11.9 Å². The van der Waals surface area contributed by atoms with E-state index in [1.54, 1.807) is 0 Å². The van der Waals surface area contributed by atoms with Gasteiger partial charge in [-0.1, -0.05) is 40.0 Å². The summed E-state index contributed by atoms with van der Waals surface area (Å²) in [4.78, 5) is 0. The molecule has 0 aliphatic heterocycles. The molecule has 0 radical (unpaired) electrons. The zero-order chi connectivity index (χ0) is 13.6. The Bertz CT molecular complexity index is 263. The summed E-state index contributed by atoms with van der Waals surface area (Å²) in [6.45, 7) is 7.27. The minimum absolute atomic E-state index is 0.153. The molecule has 0 bridgehead atoms. The Morgan fingerprint density at radius 1 is 1.33 bits per heavy atom. The number of rotatable bonds is 7. The number of amidine groups is 1. The van der Waals surface area contributed by atoms with Crippen LogP contribution in [0.5, 0.6) is 0 Å². The normalized spacial score (nSPS) is 25.1. The number of nitrogens with one attached hydrogen (secondary N) is 1. The van der Waals surface area contributed by atoms with Crippen LogP contribution in [0, 0.1) is 16.7 Å². The van der Waals surface area contributed by atoms with E-state index >= 15 is 0 Å². The van der Waals surface area contributed by atoms with E-state index in [-0.39, 0.29) is 5.41 Å². The standard InChI is InChI=1S/C15H30N2O/c1-12-7-6-8-13(11-12)18-10-5-4-9-15(2,3)14(16)17/h12-13H,4-11H2,1-3H3,(H3,16,17). The van der Waals surface area contributed by atoms with Crippen molar-refractivity contribution in [3.05, 3.63) is 0 Å². The molecule has 3 nitrogen and oxygen atoms in total. The van der Waals surface area contributed by atoms with Crippen LogP contribution in [-0.2, 0) is 4.74 Å². The minimum Gasteiger partial charge on any atom is -0.387 e. The topological polar surface area (TPSA) is 59.1 Å². The number of ether oxygens (including phenoxy) is 1. The van der Waals surface area contributed by atoms with Crippen LogP contribution in [-0.4, -0.2) is 18.5 Å². The average molecular weight is 254 g/mol. The van der Waals surface area contributed by atoms with Gasteiger partial charge in [-0.2, -0.15) is 0 Å². The summed E-state index contributed by atoms with van der Waals surface area (Å²) in [6.07, 6.45) is 8.82. The number of hydrogen-bond acceptors (Lipinski definition) is 2. The molecule has 1 aliphatic carbocycles. The van der Waals surface area contributed by atoms with Gasteiger partial charge >= 0.3 is 0 Å². The van der Waals surface area contributed by atoms with Gasteiger partial charge < -0.3 is 10.5 Å². The lowest BCUT2D eigenvalue weighted by Gasteiger charge is -2.27. The molecule has 1 aliphatic rings. The van der Waals surface area contributed by atoms with Gasteiger partial charge in [-0.3, -0.25) is 5.41 Å². The molecule has 0 saturated heterocycles.